The van der Waals surface area contributed by atoms with Crippen LogP contribution in [0.4, 0.5) is 0 Å². The molecule has 19 heavy (non-hydrogen) atoms. The maximum absolute atomic E-state index is 12.3. The van der Waals surface area contributed by atoms with E-state index in [2.05, 4.69) is 23.0 Å². The van der Waals surface area contributed by atoms with Crippen LogP contribution in [0.1, 0.15) is 40.7 Å². The standard InChI is InChI=1S/C15H20N2OS/c1-19-14-5-4-13(7-14)17-15(18)10-2-3-11-8-16-9-12(11)6-10/h2-3,6,13-14,16H,4-5,7-9H2,1H3,(H,17,18). The lowest BCUT2D eigenvalue weighted by Gasteiger charge is -2.13. The molecule has 0 spiro atoms. The van der Waals surface area contributed by atoms with Crippen molar-refractivity contribution in [3.63, 3.8) is 0 Å². The molecule has 0 aromatic heterocycles. The average molecular weight is 276 g/mol. The van der Waals surface area contributed by atoms with Crippen molar-refractivity contribution in [2.24, 2.45) is 0 Å². The number of fused-ring (bicyclic) bond motifs is 1. The van der Waals surface area contributed by atoms with E-state index in [0.717, 1.165) is 36.7 Å². The van der Waals surface area contributed by atoms with Gasteiger partial charge in [0.05, 0.1) is 0 Å². The van der Waals surface area contributed by atoms with Crippen LogP contribution in [0.25, 0.3) is 0 Å². The number of hydrogen-bond acceptors (Lipinski definition) is 3. The Morgan fingerprint density at radius 1 is 1.32 bits per heavy atom. The molecule has 1 aliphatic heterocycles. The van der Waals surface area contributed by atoms with E-state index in [1.807, 2.05) is 23.9 Å². The van der Waals surface area contributed by atoms with Crippen LogP contribution < -0.4 is 10.6 Å². The summed E-state index contributed by atoms with van der Waals surface area (Å²) in [6, 6.07) is 6.41. The number of rotatable bonds is 3. The number of thioether (sulfide) groups is 1. The van der Waals surface area contributed by atoms with Gasteiger partial charge in [-0.15, -0.1) is 0 Å². The first-order valence-corrected chi connectivity index (χ1v) is 8.21. The maximum Gasteiger partial charge on any atom is 0.251 e. The highest BCUT2D eigenvalue weighted by atomic mass is 32.2. The zero-order chi connectivity index (χ0) is 13.2. The molecule has 0 radical (unpaired) electrons. The van der Waals surface area contributed by atoms with E-state index in [1.165, 1.54) is 17.5 Å². The Balaban J connectivity index is 1.64. The predicted octanol–water partition coefficient (Wildman–Crippen LogP) is 2.30. The first-order valence-electron chi connectivity index (χ1n) is 6.92. The minimum absolute atomic E-state index is 0.0847. The molecular weight excluding hydrogens is 256 g/mol. The van der Waals surface area contributed by atoms with E-state index in [-0.39, 0.29) is 5.91 Å². The smallest absolute Gasteiger partial charge is 0.251 e. The van der Waals surface area contributed by atoms with Gasteiger partial charge in [0.25, 0.3) is 5.91 Å². The van der Waals surface area contributed by atoms with Gasteiger partial charge in [-0.1, -0.05) is 6.07 Å². The van der Waals surface area contributed by atoms with Gasteiger partial charge < -0.3 is 10.6 Å². The van der Waals surface area contributed by atoms with Crippen LogP contribution in [0.5, 0.6) is 0 Å². The highest BCUT2D eigenvalue weighted by Crippen LogP contribution is 2.28. The van der Waals surface area contributed by atoms with Gasteiger partial charge in [-0.05, 0) is 48.8 Å². The van der Waals surface area contributed by atoms with E-state index in [9.17, 15) is 4.79 Å². The van der Waals surface area contributed by atoms with Crippen LogP contribution in [0, 0.1) is 0 Å². The van der Waals surface area contributed by atoms with Crippen LogP contribution in [0.15, 0.2) is 18.2 Å². The molecule has 2 aliphatic rings. The van der Waals surface area contributed by atoms with Crippen molar-refractivity contribution in [3.8, 4) is 0 Å². The van der Waals surface area contributed by atoms with E-state index in [4.69, 9.17) is 0 Å². The molecule has 0 saturated heterocycles. The van der Waals surface area contributed by atoms with Crippen LogP contribution in [0.2, 0.25) is 0 Å². The molecular formula is C15H20N2OS. The molecule has 1 heterocycles. The Labute approximate surface area is 118 Å². The maximum atomic E-state index is 12.3. The fourth-order valence-electron chi connectivity index (χ4n) is 2.99. The molecule has 1 aromatic carbocycles. The van der Waals surface area contributed by atoms with E-state index < -0.39 is 0 Å². The minimum atomic E-state index is 0.0847. The Hall–Kier alpha value is -1.00. The van der Waals surface area contributed by atoms with Crippen molar-refractivity contribution in [2.75, 3.05) is 6.26 Å². The largest absolute Gasteiger partial charge is 0.349 e. The summed E-state index contributed by atoms with van der Waals surface area (Å²) in [7, 11) is 0. The lowest BCUT2D eigenvalue weighted by Crippen LogP contribution is -2.33. The number of carbonyl (C=O) groups is 1. The summed E-state index contributed by atoms with van der Waals surface area (Å²) < 4.78 is 0. The van der Waals surface area contributed by atoms with Gasteiger partial charge in [0.2, 0.25) is 0 Å². The fraction of sp³-hybridized carbons (Fsp3) is 0.533. The Bertz CT molecular complexity index is 489. The van der Waals surface area contributed by atoms with Gasteiger partial charge in [0.1, 0.15) is 0 Å². The molecule has 1 aliphatic carbocycles. The third kappa shape index (κ3) is 2.79. The SMILES string of the molecule is CSC1CCC(NC(=O)c2ccc3c(c2)CNC3)C1. The van der Waals surface area contributed by atoms with Gasteiger partial charge in [-0.25, -0.2) is 0 Å². The van der Waals surface area contributed by atoms with Gasteiger partial charge in [-0.2, -0.15) is 11.8 Å². The summed E-state index contributed by atoms with van der Waals surface area (Å²) in [4.78, 5) is 12.3. The van der Waals surface area contributed by atoms with Crippen LogP contribution in [0.3, 0.4) is 0 Å². The number of amides is 1. The zero-order valence-electron chi connectivity index (χ0n) is 11.2. The zero-order valence-corrected chi connectivity index (χ0v) is 12.1. The van der Waals surface area contributed by atoms with Gasteiger partial charge in [-0.3, -0.25) is 4.79 Å². The molecule has 3 nitrogen and oxygen atoms in total. The molecule has 3 rings (SSSR count). The third-order valence-electron chi connectivity index (χ3n) is 4.15. The fourth-order valence-corrected chi connectivity index (χ4v) is 3.79. The Morgan fingerprint density at radius 3 is 2.95 bits per heavy atom. The molecule has 1 aromatic rings. The number of benzene rings is 1. The van der Waals surface area contributed by atoms with Crippen molar-refractivity contribution in [3.05, 3.63) is 34.9 Å². The highest BCUT2D eigenvalue weighted by molar-refractivity contribution is 7.99. The summed E-state index contributed by atoms with van der Waals surface area (Å²) >= 11 is 1.92. The van der Waals surface area contributed by atoms with Gasteiger partial charge >= 0.3 is 0 Å². The predicted molar refractivity (Wildman–Crippen MR) is 79.4 cm³/mol. The Morgan fingerprint density at radius 2 is 2.16 bits per heavy atom. The van der Waals surface area contributed by atoms with Crippen LogP contribution in [-0.4, -0.2) is 23.5 Å². The summed E-state index contributed by atoms with van der Waals surface area (Å²) in [5, 5.41) is 7.20. The molecule has 2 N–H and O–H groups in total. The molecule has 0 bridgehead atoms. The third-order valence-corrected chi connectivity index (χ3v) is 5.25. The molecule has 2 unspecified atom stereocenters. The van der Waals surface area contributed by atoms with E-state index in [1.54, 1.807) is 0 Å². The molecule has 102 valence electrons. The second kappa shape index (κ2) is 5.55. The van der Waals surface area contributed by atoms with E-state index in [0.29, 0.717) is 6.04 Å². The normalized spacial score (nSPS) is 25.3. The summed E-state index contributed by atoms with van der Waals surface area (Å²) in [5.74, 6) is 0.0847. The summed E-state index contributed by atoms with van der Waals surface area (Å²) in [6.07, 6.45) is 5.60. The second-order valence-corrected chi connectivity index (χ2v) is 6.57. The number of carbonyl (C=O) groups excluding carboxylic acids is 1. The number of hydrogen-bond donors (Lipinski definition) is 2. The molecule has 1 amide bonds. The Kier molecular flexibility index (Phi) is 3.80. The summed E-state index contributed by atoms with van der Waals surface area (Å²) in [6.45, 7) is 1.81. The van der Waals surface area contributed by atoms with Crippen molar-refractivity contribution in [1.82, 2.24) is 10.6 Å². The number of nitrogens with one attached hydrogen (secondary N) is 2. The molecule has 1 fully saturated rings. The van der Waals surface area contributed by atoms with Crippen molar-refractivity contribution >= 4 is 17.7 Å². The van der Waals surface area contributed by atoms with Crippen molar-refractivity contribution < 1.29 is 4.79 Å². The molecule has 1 saturated carbocycles. The van der Waals surface area contributed by atoms with Crippen LogP contribution in [-0.2, 0) is 13.1 Å². The topological polar surface area (TPSA) is 41.1 Å². The quantitative estimate of drug-likeness (QED) is 0.890. The van der Waals surface area contributed by atoms with Crippen molar-refractivity contribution in [1.29, 1.82) is 0 Å². The average Bonchev–Trinajstić information content (AvgIpc) is 3.05. The lowest BCUT2D eigenvalue weighted by molar-refractivity contribution is 0.0938. The minimum Gasteiger partial charge on any atom is -0.349 e. The van der Waals surface area contributed by atoms with Gasteiger partial charge in [0.15, 0.2) is 0 Å². The first kappa shape index (κ1) is 13.0. The monoisotopic (exact) mass is 276 g/mol. The molecule has 2 atom stereocenters. The first-order chi connectivity index (χ1) is 9.26. The lowest BCUT2D eigenvalue weighted by atomic mass is 10.1. The van der Waals surface area contributed by atoms with Crippen LogP contribution >= 0.6 is 11.8 Å². The highest BCUT2D eigenvalue weighted by Gasteiger charge is 2.25. The molecule has 4 heteroatoms. The van der Waals surface area contributed by atoms with E-state index >= 15 is 0 Å². The van der Waals surface area contributed by atoms with Crippen molar-refractivity contribution in [2.45, 2.75) is 43.6 Å². The second-order valence-electron chi connectivity index (χ2n) is 5.43. The van der Waals surface area contributed by atoms with Gasteiger partial charge in [0, 0.05) is 29.9 Å². The summed E-state index contributed by atoms with van der Waals surface area (Å²) in [5.41, 5.74) is 3.39.